The van der Waals surface area contributed by atoms with Crippen molar-refractivity contribution in [3.63, 3.8) is 0 Å². The number of hydrogen-bond donors (Lipinski definition) is 8. The van der Waals surface area contributed by atoms with Gasteiger partial charge in [0.05, 0.1) is 51.8 Å². The van der Waals surface area contributed by atoms with Gasteiger partial charge in [-0.1, -0.05) is 46.3 Å². The van der Waals surface area contributed by atoms with Gasteiger partial charge in [-0.2, -0.15) is 0 Å². The second-order valence-electron chi connectivity index (χ2n) is 22.9. The number of ketones is 1. The molecule has 0 spiro atoms. The van der Waals surface area contributed by atoms with Crippen LogP contribution in [-0.4, -0.2) is 190 Å². The highest BCUT2D eigenvalue weighted by Crippen LogP contribution is 2.69. The number of ether oxygens (including phenoxy) is 10. The molecule has 6 fully saturated rings. The molecule has 21 heteroatoms. The lowest BCUT2D eigenvalue weighted by molar-refractivity contribution is -0.345. The number of carbonyl (C=O) groups is 3. The van der Waals surface area contributed by atoms with E-state index >= 15 is 0 Å². The first kappa shape index (κ1) is 57.8. The van der Waals surface area contributed by atoms with Crippen LogP contribution in [0.1, 0.15) is 110 Å². The van der Waals surface area contributed by atoms with Crippen molar-refractivity contribution >= 4 is 17.7 Å². The molecular weight excluding hydrogens is 985 g/mol. The fourth-order valence-corrected chi connectivity index (χ4v) is 13.8. The number of methoxy groups -OCH3 is 2. The van der Waals surface area contributed by atoms with Crippen LogP contribution in [0.3, 0.4) is 0 Å². The van der Waals surface area contributed by atoms with E-state index in [1.807, 2.05) is 20.8 Å². The molecule has 0 radical (unpaired) electrons. The predicted octanol–water partition coefficient (Wildman–Crippen LogP) is 1.86. The molecule has 22 atom stereocenters. The third-order valence-electron chi connectivity index (χ3n) is 18.2. The molecule has 0 bridgehead atoms. The Hall–Kier alpha value is -3.39. The third kappa shape index (κ3) is 10.9. The molecule has 3 aliphatic heterocycles. The van der Waals surface area contributed by atoms with Gasteiger partial charge in [0.15, 0.2) is 42.6 Å². The lowest BCUT2D eigenvalue weighted by Crippen LogP contribution is -2.64. The summed E-state index contributed by atoms with van der Waals surface area (Å²) in [5.74, 6) is -1.98. The number of aliphatic hydroxyl groups is 8. The van der Waals surface area contributed by atoms with Crippen molar-refractivity contribution < 1.29 is 103 Å². The average Bonchev–Trinajstić information content (AvgIpc) is 3.71. The molecule has 0 amide bonds. The van der Waals surface area contributed by atoms with Crippen molar-refractivity contribution in [2.75, 3.05) is 34.0 Å². The number of allylic oxidation sites excluding steroid dienone is 1. The van der Waals surface area contributed by atoms with Crippen molar-refractivity contribution in [2.24, 2.45) is 40.4 Å². The summed E-state index contributed by atoms with van der Waals surface area (Å²) in [5.41, 5.74) is -1.72. The number of benzene rings is 1. The van der Waals surface area contributed by atoms with Crippen LogP contribution in [0.5, 0.6) is 11.5 Å². The normalized spacial score (nSPS) is 43.1. The minimum atomic E-state index is -1.77. The summed E-state index contributed by atoms with van der Waals surface area (Å²) in [4.78, 5) is 40.9. The molecule has 0 aromatic heterocycles. The summed E-state index contributed by atoms with van der Waals surface area (Å²) >= 11 is 0. The molecule has 422 valence electrons. The number of hydrogen-bond acceptors (Lipinski definition) is 21. The van der Waals surface area contributed by atoms with Gasteiger partial charge in [0.1, 0.15) is 60.2 Å². The van der Waals surface area contributed by atoms with Crippen LogP contribution in [0.15, 0.2) is 29.8 Å². The first-order valence-corrected chi connectivity index (χ1v) is 26.6. The minimum absolute atomic E-state index is 0.00322. The van der Waals surface area contributed by atoms with Crippen LogP contribution < -0.4 is 9.47 Å². The van der Waals surface area contributed by atoms with Gasteiger partial charge < -0.3 is 88.2 Å². The summed E-state index contributed by atoms with van der Waals surface area (Å²) in [5, 5.41) is 88.4. The number of Topliss-reactive ketones (excluding diaryl/α,β-unsaturated/α-hetero) is 1. The Balaban J connectivity index is 1.05. The van der Waals surface area contributed by atoms with E-state index in [1.165, 1.54) is 38.0 Å². The van der Waals surface area contributed by atoms with Gasteiger partial charge in [-0.3, -0.25) is 9.59 Å². The van der Waals surface area contributed by atoms with E-state index < -0.39 is 135 Å². The van der Waals surface area contributed by atoms with Gasteiger partial charge in [0.25, 0.3) is 0 Å². The molecule has 1 aromatic rings. The van der Waals surface area contributed by atoms with E-state index in [0.29, 0.717) is 44.3 Å². The number of esters is 2. The predicted molar refractivity (Wildman–Crippen MR) is 260 cm³/mol. The van der Waals surface area contributed by atoms with Crippen molar-refractivity contribution in [3.05, 3.63) is 35.4 Å². The van der Waals surface area contributed by atoms with Gasteiger partial charge in [0.2, 0.25) is 0 Å². The van der Waals surface area contributed by atoms with Crippen LogP contribution in [-0.2, 0) is 47.5 Å². The van der Waals surface area contributed by atoms with Crippen molar-refractivity contribution in [1.82, 2.24) is 0 Å². The lowest BCUT2D eigenvalue weighted by atomic mass is 9.46. The number of rotatable bonds is 17. The van der Waals surface area contributed by atoms with Gasteiger partial charge in [-0.05, 0) is 98.7 Å². The number of carbonyl (C=O) groups excluding carboxylic acids is 3. The van der Waals surface area contributed by atoms with E-state index in [1.54, 1.807) is 6.92 Å². The number of fused-ring (bicyclic) bond motifs is 5. The minimum Gasteiger partial charge on any atom is -0.493 e. The van der Waals surface area contributed by atoms with E-state index in [0.717, 1.165) is 19.8 Å². The summed E-state index contributed by atoms with van der Waals surface area (Å²) < 4.78 is 59.4. The van der Waals surface area contributed by atoms with E-state index in [-0.39, 0.29) is 58.7 Å². The third-order valence-corrected chi connectivity index (χ3v) is 18.2. The Morgan fingerprint density at radius 3 is 2.13 bits per heavy atom. The highest BCUT2D eigenvalue weighted by atomic mass is 16.8. The second kappa shape index (κ2) is 23.1. The molecule has 7 aliphatic rings. The Morgan fingerprint density at radius 1 is 0.773 bits per heavy atom. The van der Waals surface area contributed by atoms with Crippen LogP contribution in [0.4, 0.5) is 0 Å². The van der Waals surface area contributed by atoms with Crippen LogP contribution in [0.25, 0.3) is 0 Å². The molecular formula is C54H80O21. The molecule has 21 nitrogen and oxygen atoms in total. The Morgan fingerprint density at radius 2 is 1.47 bits per heavy atom. The van der Waals surface area contributed by atoms with Gasteiger partial charge >= 0.3 is 11.9 Å². The van der Waals surface area contributed by atoms with Gasteiger partial charge in [0, 0.05) is 24.7 Å². The van der Waals surface area contributed by atoms with Crippen LogP contribution in [0, 0.1) is 40.4 Å². The molecule has 0 unspecified atom stereocenters. The molecule has 4 aliphatic carbocycles. The highest BCUT2D eigenvalue weighted by molar-refractivity contribution is 5.90. The van der Waals surface area contributed by atoms with Crippen LogP contribution in [0.2, 0.25) is 0 Å². The molecule has 75 heavy (non-hydrogen) atoms. The second-order valence-corrected chi connectivity index (χ2v) is 22.9. The monoisotopic (exact) mass is 1060 g/mol. The van der Waals surface area contributed by atoms with Crippen molar-refractivity contribution in [1.29, 1.82) is 0 Å². The molecule has 8 rings (SSSR count). The Bertz CT molecular complexity index is 2210. The molecule has 8 N–H and O–H groups in total. The zero-order chi connectivity index (χ0) is 54.5. The van der Waals surface area contributed by atoms with Crippen molar-refractivity contribution in [3.8, 4) is 11.5 Å². The summed E-state index contributed by atoms with van der Waals surface area (Å²) in [6.07, 6.45) is -13.8. The standard InChI is InChI=1S/C54H80O21/c1-25(2)9-13-34(57)26(3)54(65)40(21-33-31-12-11-29-20-30(15-17-52(29,5)32(31)16-18-53(33,54)6)71-49-44(63)43(62)42(61)39(22-55)72-49)73-51-47(70-27(4)56)45(36(59)24-69-51)75-50-46(41(60)35(58)23-68-50)74-48(64)28-10-14-37(66-7)38(19-28)67-8/h10-11,14,19,25-26,30-33,35-36,39-47,49-51,55,58-63,65H,9,12-13,15-18,20-24H2,1-8H3/t26-,30-,31+,32-,33-,35+,36-,39+,40-,41-,42+,43-,44+,45-,46+,47+,49+,50-,51-,52-,53-,54+/m0/s1. The van der Waals surface area contributed by atoms with Gasteiger partial charge in [-0.15, -0.1) is 0 Å². The topological polar surface area (TPSA) is 305 Å². The van der Waals surface area contributed by atoms with E-state index in [4.69, 9.17) is 47.4 Å². The zero-order valence-corrected chi connectivity index (χ0v) is 44.2. The molecule has 3 heterocycles. The SMILES string of the molecule is COc1ccc(C(=O)O[C@H]2[C@H](O[C@@H]3[C@@H](OC(C)=O)[C@H](O[C@H]4C[C@H]5[C@@H]6CC=C7C[C@@H](O[C@@H]8O[C@H](CO)[C@@H](O)[C@H](O)[C@H]8O)CC[C@]7(C)[C@H]6CC[C@]5(C)[C@@]4(O)[C@@H](C)C(=O)CCC(C)C)OC[C@@H]3O)OC[C@@H](O)[C@@H]2O)cc1OC. The fourth-order valence-electron chi connectivity index (χ4n) is 13.8. The number of aliphatic hydroxyl groups excluding tert-OH is 7. The molecule has 3 saturated heterocycles. The summed E-state index contributed by atoms with van der Waals surface area (Å²) in [6, 6.07) is 4.26. The Labute approximate surface area is 437 Å². The highest BCUT2D eigenvalue weighted by Gasteiger charge is 2.71. The molecule has 1 aromatic carbocycles. The maximum Gasteiger partial charge on any atom is 0.338 e. The maximum atomic E-state index is 14.4. The van der Waals surface area contributed by atoms with Crippen molar-refractivity contribution in [2.45, 2.75) is 197 Å². The van der Waals surface area contributed by atoms with E-state index in [9.17, 15) is 55.2 Å². The summed E-state index contributed by atoms with van der Waals surface area (Å²) in [7, 11) is 2.82. The lowest BCUT2D eigenvalue weighted by Gasteiger charge is -2.59. The quantitative estimate of drug-likeness (QED) is 0.0816. The first-order chi connectivity index (χ1) is 35.5. The zero-order valence-electron chi connectivity index (χ0n) is 44.2. The first-order valence-electron chi connectivity index (χ1n) is 26.6. The Kier molecular flexibility index (Phi) is 17.8. The van der Waals surface area contributed by atoms with Crippen LogP contribution >= 0.6 is 0 Å². The fraction of sp³-hybridized carbons (Fsp3) is 0.796. The van der Waals surface area contributed by atoms with E-state index in [2.05, 4.69) is 13.0 Å². The average molecular weight is 1070 g/mol. The largest absolute Gasteiger partial charge is 0.493 e. The molecule has 3 saturated carbocycles. The summed E-state index contributed by atoms with van der Waals surface area (Å²) in [6.45, 7) is 9.82. The van der Waals surface area contributed by atoms with Gasteiger partial charge in [-0.25, -0.2) is 4.79 Å². The smallest absolute Gasteiger partial charge is 0.338 e. The maximum absolute atomic E-state index is 14.4.